The number of ether oxygens (including phenoxy) is 2. The van der Waals surface area contributed by atoms with Crippen molar-refractivity contribution in [1.29, 1.82) is 0 Å². The van der Waals surface area contributed by atoms with Crippen molar-refractivity contribution in [2.45, 2.75) is 40.2 Å². The van der Waals surface area contributed by atoms with Crippen molar-refractivity contribution in [3.8, 4) is 0 Å². The summed E-state index contributed by atoms with van der Waals surface area (Å²) in [6.45, 7) is 11.5. The fourth-order valence-corrected chi connectivity index (χ4v) is 3.08. The maximum absolute atomic E-state index is 11.8. The van der Waals surface area contributed by atoms with Gasteiger partial charge in [0.2, 0.25) is 0 Å². The molecule has 3 unspecified atom stereocenters. The van der Waals surface area contributed by atoms with Crippen LogP contribution in [0.5, 0.6) is 0 Å². The molecule has 0 radical (unpaired) electrons. The van der Waals surface area contributed by atoms with Crippen LogP contribution in [0.1, 0.15) is 34.1 Å². The highest BCUT2D eigenvalue weighted by molar-refractivity contribution is 14.0. The summed E-state index contributed by atoms with van der Waals surface area (Å²) in [7, 11) is 3.23. The molecule has 7 heteroatoms. The minimum atomic E-state index is -0.133. The van der Waals surface area contributed by atoms with E-state index in [2.05, 4.69) is 36.0 Å². The van der Waals surface area contributed by atoms with Gasteiger partial charge in [0.15, 0.2) is 5.96 Å². The number of nitrogens with one attached hydrogen (secondary N) is 1. The maximum atomic E-state index is 11.8. The number of guanidine groups is 1. The highest BCUT2D eigenvalue weighted by Crippen LogP contribution is 2.24. The molecule has 0 aliphatic carbocycles. The summed E-state index contributed by atoms with van der Waals surface area (Å²) in [6.07, 6.45) is 1.19. The van der Waals surface area contributed by atoms with Crippen LogP contribution in [-0.4, -0.2) is 63.3 Å². The normalized spacial score (nSPS) is 22.3. The van der Waals surface area contributed by atoms with E-state index in [1.54, 1.807) is 7.05 Å². The molecule has 1 heterocycles. The van der Waals surface area contributed by atoms with Crippen molar-refractivity contribution in [2.75, 3.05) is 40.4 Å². The number of hydrogen-bond acceptors (Lipinski definition) is 4. The monoisotopic (exact) mass is 455 g/mol. The Kier molecular flexibility index (Phi) is 11.6. The van der Waals surface area contributed by atoms with Crippen LogP contribution < -0.4 is 5.32 Å². The van der Waals surface area contributed by atoms with Crippen molar-refractivity contribution in [3.63, 3.8) is 0 Å². The van der Waals surface area contributed by atoms with Gasteiger partial charge in [-0.05, 0) is 25.2 Å². The van der Waals surface area contributed by atoms with Crippen LogP contribution in [0.15, 0.2) is 4.99 Å². The number of carbonyl (C=O) groups excluding carboxylic acids is 1. The number of hydrogen-bond donors (Lipinski definition) is 1. The summed E-state index contributed by atoms with van der Waals surface area (Å²) in [5.41, 5.74) is 0. The lowest BCUT2D eigenvalue weighted by Gasteiger charge is -2.24. The van der Waals surface area contributed by atoms with E-state index in [4.69, 9.17) is 9.47 Å². The molecule has 6 nitrogen and oxygen atoms in total. The summed E-state index contributed by atoms with van der Waals surface area (Å²) in [5, 5.41) is 3.40. The first-order valence-corrected chi connectivity index (χ1v) is 8.59. The summed E-state index contributed by atoms with van der Waals surface area (Å²) < 4.78 is 10.7. The summed E-state index contributed by atoms with van der Waals surface area (Å²) in [5.74, 6) is 1.40. The van der Waals surface area contributed by atoms with Crippen LogP contribution >= 0.6 is 24.0 Å². The smallest absolute Gasteiger partial charge is 0.310 e. The predicted molar refractivity (Wildman–Crippen MR) is 108 cm³/mol. The molecule has 1 aliphatic rings. The van der Waals surface area contributed by atoms with Gasteiger partial charge in [0, 0.05) is 33.3 Å². The van der Waals surface area contributed by atoms with Gasteiger partial charge in [0.25, 0.3) is 0 Å². The van der Waals surface area contributed by atoms with Gasteiger partial charge in [-0.3, -0.25) is 9.79 Å². The zero-order valence-corrected chi connectivity index (χ0v) is 18.2. The molecular weight excluding hydrogens is 421 g/mol. The quantitative estimate of drug-likeness (QED) is 0.277. The van der Waals surface area contributed by atoms with Crippen LogP contribution in [0.25, 0.3) is 0 Å². The fraction of sp³-hybridized carbons (Fsp3) is 0.882. The van der Waals surface area contributed by atoms with E-state index < -0.39 is 0 Å². The second kappa shape index (κ2) is 11.9. The van der Waals surface area contributed by atoms with E-state index in [1.165, 1.54) is 7.11 Å². The average Bonchev–Trinajstić information content (AvgIpc) is 2.91. The maximum Gasteiger partial charge on any atom is 0.310 e. The van der Waals surface area contributed by atoms with E-state index in [1.807, 2.05) is 6.92 Å². The van der Waals surface area contributed by atoms with E-state index in [-0.39, 0.29) is 47.9 Å². The van der Waals surface area contributed by atoms with Crippen molar-refractivity contribution in [3.05, 3.63) is 0 Å². The number of halogens is 1. The molecule has 1 rings (SSSR count). The topological polar surface area (TPSA) is 63.2 Å². The molecule has 1 aliphatic heterocycles. The average molecular weight is 455 g/mol. The third kappa shape index (κ3) is 6.74. The van der Waals surface area contributed by atoms with E-state index >= 15 is 0 Å². The number of esters is 1. The molecule has 0 amide bonds. The second-order valence-corrected chi connectivity index (χ2v) is 6.51. The largest absolute Gasteiger partial charge is 0.469 e. The lowest BCUT2D eigenvalue weighted by molar-refractivity contribution is -0.145. The molecule has 142 valence electrons. The number of nitrogens with zero attached hydrogens (tertiary/aromatic N) is 2. The van der Waals surface area contributed by atoms with Crippen LogP contribution in [-0.2, 0) is 14.3 Å². The molecule has 0 bridgehead atoms. The minimum absolute atomic E-state index is 0. The van der Waals surface area contributed by atoms with Gasteiger partial charge in [0.05, 0.1) is 19.1 Å². The fourth-order valence-electron chi connectivity index (χ4n) is 3.08. The first-order chi connectivity index (χ1) is 10.9. The lowest BCUT2D eigenvalue weighted by atomic mass is 9.99. The zero-order valence-electron chi connectivity index (χ0n) is 15.9. The third-order valence-corrected chi connectivity index (χ3v) is 4.46. The van der Waals surface area contributed by atoms with Crippen LogP contribution in [0, 0.1) is 17.8 Å². The van der Waals surface area contributed by atoms with Gasteiger partial charge in [0.1, 0.15) is 0 Å². The Balaban J connectivity index is 0.00000529. The minimum Gasteiger partial charge on any atom is -0.469 e. The SMILES string of the molecule is CCOC(CCNC(=NC)N1CC(C)C(C(=O)OC)C1)C(C)C.I. The number of rotatable bonds is 7. The molecule has 1 N–H and O–H groups in total. The molecule has 0 saturated carbocycles. The number of aliphatic imine (C=N–C) groups is 1. The zero-order chi connectivity index (χ0) is 17.4. The van der Waals surface area contributed by atoms with Gasteiger partial charge in [-0.1, -0.05) is 20.8 Å². The van der Waals surface area contributed by atoms with Gasteiger partial charge < -0.3 is 19.7 Å². The van der Waals surface area contributed by atoms with Gasteiger partial charge in [-0.25, -0.2) is 0 Å². The molecule has 1 saturated heterocycles. The van der Waals surface area contributed by atoms with E-state index in [0.717, 1.165) is 32.1 Å². The highest BCUT2D eigenvalue weighted by atomic mass is 127. The predicted octanol–water partition coefficient (Wildman–Crippen LogP) is 2.37. The standard InChI is InChI=1S/C17H33N3O3.HI/c1-7-23-15(12(2)3)8-9-19-17(18-5)20-10-13(4)14(11-20)16(21)22-6;/h12-15H,7-11H2,1-6H3,(H,18,19);1H. The highest BCUT2D eigenvalue weighted by Gasteiger charge is 2.36. The second-order valence-electron chi connectivity index (χ2n) is 6.51. The Labute approximate surface area is 163 Å². The molecule has 0 aromatic rings. The molecule has 3 atom stereocenters. The Morgan fingerprint density at radius 3 is 2.54 bits per heavy atom. The molecule has 0 spiro atoms. The molecular formula is C17H34IN3O3. The first kappa shape index (κ1) is 23.4. The first-order valence-electron chi connectivity index (χ1n) is 8.59. The lowest BCUT2D eigenvalue weighted by Crippen LogP contribution is -2.42. The Morgan fingerprint density at radius 1 is 1.38 bits per heavy atom. The Morgan fingerprint density at radius 2 is 2.04 bits per heavy atom. The third-order valence-electron chi connectivity index (χ3n) is 4.46. The Bertz CT molecular complexity index is 405. The van der Waals surface area contributed by atoms with Crippen molar-refractivity contribution in [2.24, 2.45) is 22.7 Å². The van der Waals surface area contributed by atoms with Gasteiger partial charge in [-0.15, -0.1) is 24.0 Å². The van der Waals surface area contributed by atoms with E-state index in [0.29, 0.717) is 12.5 Å². The number of likely N-dealkylation sites (tertiary alicyclic amines) is 1. The van der Waals surface area contributed by atoms with Gasteiger partial charge >= 0.3 is 5.97 Å². The van der Waals surface area contributed by atoms with E-state index in [9.17, 15) is 4.79 Å². The van der Waals surface area contributed by atoms with Gasteiger partial charge in [-0.2, -0.15) is 0 Å². The molecule has 0 aromatic heterocycles. The van der Waals surface area contributed by atoms with Crippen LogP contribution in [0.4, 0.5) is 0 Å². The van der Waals surface area contributed by atoms with Crippen LogP contribution in [0.2, 0.25) is 0 Å². The van der Waals surface area contributed by atoms with Crippen LogP contribution in [0.3, 0.4) is 0 Å². The summed E-state index contributed by atoms with van der Waals surface area (Å²) >= 11 is 0. The number of carbonyl (C=O) groups is 1. The summed E-state index contributed by atoms with van der Waals surface area (Å²) in [4.78, 5) is 18.3. The van der Waals surface area contributed by atoms with Crippen molar-refractivity contribution < 1.29 is 14.3 Å². The van der Waals surface area contributed by atoms with Crippen molar-refractivity contribution in [1.82, 2.24) is 10.2 Å². The molecule has 24 heavy (non-hydrogen) atoms. The number of methoxy groups -OCH3 is 1. The molecule has 1 fully saturated rings. The molecule has 0 aromatic carbocycles. The Hall–Kier alpha value is -0.570. The summed E-state index contributed by atoms with van der Waals surface area (Å²) in [6, 6.07) is 0. The van der Waals surface area contributed by atoms with Crippen molar-refractivity contribution >= 4 is 35.9 Å².